The molecular weight excluding hydrogens is 448 g/mol. The summed E-state index contributed by atoms with van der Waals surface area (Å²) in [6.07, 6.45) is 9.53. The fourth-order valence-corrected chi connectivity index (χ4v) is 5.66. The van der Waals surface area contributed by atoms with Crippen LogP contribution in [0, 0.1) is 0 Å². The Morgan fingerprint density at radius 2 is 2.15 bits per heavy atom. The van der Waals surface area contributed by atoms with Gasteiger partial charge in [0.05, 0.1) is 16.9 Å². The summed E-state index contributed by atoms with van der Waals surface area (Å²) in [6, 6.07) is 9.14. The maximum atomic E-state index is 12.1. The van der Waals surface area contributed by atoms with Crippen molar-refractivity contribution in [3.63, 3.8) is 0 Å². The minimum atomic E-state index is 0.0289. The maximum absolute atomic E-state index is 12.1. The van der Waals surface area contributed by atoms with Crippen LogP contribution in [0.15, 0.2) is 49.3 Å². The van der Waals surface area contributed by atoms with Gasteiger partial charge < -0.3 is 15.2 Å². The topological polar surface area (TPSA) is 77.2 Å². The van der Waals surface area contributed by atoms with Crippen molar-refractivity contribution >= 4 is 34.4 Å². The predicted octanol–water partition coefficient (Wildman–Crippen LogP) is 4.72. The third kappa shape index (κ3) is 4.55. The van der Waals surface area contributed by atoms with Crippen LogP contribution in [0.5, 0.6) is 0 Å². The molecule has 2 aliphatic rings. The Morgan fingerprint density at radius 1 is 1.29 bits per heavy atom. The van der Waals surface area contributed by atoms with Gasteiger partial charge in [0.1, 0.15) is 0 Å². The second kappa shape index (κ2) is 9.76. The van der Waals surface area contributed by atoms with Crippen molar-refractivity contribution in [3.05, 3.63) is 54.3 Å². The number of anilines is 1. The van der Waals surface area contributed by atoms with E-state index in [1.165, 1.54) is 12.5 Å². The number of fused-ring (bicyclic) bond motifs is 1. The van der Waals surface area contributed by atoms with Gasteiger partial charge in [0.25, 0.3) is 0 Å². The van der Waals surface area contributed by atoms with E-state index in [-0.39, 0.29) is 11.9 Å². The van der Waals surface area contributed by atoms with Crippen LogP contribution in [0.3, 0.4) is 0 Å². The monoisotopic (exact) mass is 478 g/mol. The van der Waals surface area contributed by atoms with Crippen LogP contribution in [-0.4, -0.2) is 68.4 Å². The Hall–Kier alpha value is -2.90. The summed E-state index contributed by atoms with van der Waals surface area (Å²) in [7, 11) is 0. The van der Waals surface area contributed by atoms with E-state index in [9.17, 15) is 4.79 Å². The number of amides is 1. The zero-order valence-corrected chi connectivity index (χ0v) is 20.3. The lowest BCUT2D eigenvalue weighted by atomic mass is 9.89. The third-order valence-electron chi connectivity index (χ3n) is 7.20. The van der Waals surface area contributed by atoms with E-state index < -0.39 is 0 Å². The van der Waals surface area contributed by atoms with Crippen molar-refractivity contribution in [2.45, 2.75) is 50.7 Å². The highest BCUT2D eigenvalue weighted by atomic mass is 35.5. The number of aromatic nitrogens is 3. The zero-order valence-electron chi connectivity index (χ0n) is 19.5. The first kappa shape index (κ1) is 22.9. The van der Waals surface area contributed by atoms with Crippen molar-refractivity contribution in [2.24, 2.45) is 0 Å². The number of aromatic amines is 1. The fraction of sp³-hybridized carbons (Fsp3) is 0.423. The van der Waals surface area contributed by atoms with Crippen LogP contribution in [0.1, 0.15) is 32.6 Å². The van der Waals surface area contributed by atoms with Gasteiger partial charge in [0, 0.05) is 60.4 Å². The van der Waals surface area contributed by atoms with Crippen LogP contribution in [-0.2, 0) is 4.79 Å². The Kier molecular flexibility index (Phi) is 6.57. The number of carbonyl (C=O) groups is 1. The average Bonchev–Trinajstić information content (AvgIpc) is 3.29. The average molecular weight is 479 g/mol. The third-order valence-corrected chi connectivity index (χ3v) is 7.48. The summed E-state index contributed by atoms with van der Waals surface area (Å²) in [5.74, 6) is 0.645. The molecule has 2 aromatic heterocycles. The molecule has 0 bridgehead atoms. The first-order chi connectivity index (χ1) is 16.5. The Balaban J connectivity index is 1.28. The van der Waals surface area contributed by atoms with Gasteiger partial charge in [-0.1, -0.05) is 36.4 Å². The van der Waals surface area contributed by atoms with Crippen molar-refractivity contribution in [1.29, 1.82) is 0 Å². The number of para-hydroxylation sites is 1. The normalized spacial score (nSPS) is 23.7. The van der Waals surface area contributed by atoms with Gasteiger partial charge >= 0.3 is 0 Å². The zero-order chi connectivity index (χ0) is 23.7. The molecule has 0 unspecified atom stereocenters. The van der Waals surface area contributed by atoms with Crippen LogP contribution >= 0.6 is 11.6 Å². The number of hydrogen-bond acceptors (Lipinski definition) is 5. The molecule has 1 saturated carbocycles. The van der Waals surface area contributed by atoms with Crippen molar-refractivity contribution in [3.8, 4) is 11.3 Å². The molecule has 178 valence electrons. The number of benzene rings is 1. The van der Waals surface area contributed by atoms with Crippen LogP contribution in [0.4, 0.5) is 5.95 Å². The molecule has 34 heavy (non-hydrogen) atoms. The van der Waals surface area contributed by atoms with Gasteiger partial charge in [0.2, 0.25) is 11.9 Å². The van der Waals surface area contributed by atoms with Crippen LogP contribution in [0.25, 0.3) is 22.2 Å². The molecule has 2 fully saturated rings. The Morgan fingerprint density at radius 3 is 2.97 bits per heavy atom. The van der Waals surface area contributed by atoms with Gasteiger partial charge in [-0.15, -0.1) is 0 Å². The first-order valence-electron chi connectivity index (χ1n) is 12.1. The van der Waals surface area contributed by atoms with Gasteiger partial charge in [-0.25, -0.2) is 9.97 Å². The number of piperazine rings is 1. The summed E-state index contributed by atoms with van der Waals surface area (Å²) in [6.45, 7) is 8.33. The maximum Gasteiger partial charge on any atom is 0.246 e. The number of nitrogens with one attached hydrogen (secondary N) is 2. The molecule has 3 atom stereocenters. The van der Waals surface area contributed by atoms with Crippen molar-refractivity contribution < 1.29 is 4.79 Å². The molecule has 1 saturated heterocycles. The van der Waals surface area contributed by atoms with Crippen LogP contribution < -0.4 is 5.32 Å². The van der Waals surface area contributed by atoms with Gasteiger partial charge in [-0.3, -0.25) is 9.69 Å². The number of nitrogens with zero attached hydrogens (tertiary/aromatic N) is 4. The minimum Gasteiger partial charge on any atom is -0.360 e. The molecule has 3 heterocycles. The lowest BCUT2D eigenvalue weighted by molar-refractivity contribution is -0.131. The fourth-order valence-electron chi connectivity index (χ4n) is 5.46. The number of hydrogen-bond donors (Lipinski definition) is 2. The van der Waals surface area contributed by atoms with E-state index >= 15 is 0 Å². The molecule has 1 aliphatic heterocycles. The Labute approximate surface area is 205 Å². The number of carbonyl (C=O) groups excluding carboxylic acids is 1. The molecule has 3 aromatic rings. The highest BCUT2D eigenvalue weighted by Crippen LogP contribution is 2.33. The first-order valence-corrected chi connectivity index (χ1v) is 12.4. The lowest BCUT2D eigenvalue weighted by Crippen LogP contribution is -2.57. The second-order valence-electron chi connectivity index (χ2n) is 9.38. The molecular formula is C26H31ClN6O. The van der Waals surface area contributed by atoms with E-state index in [2.05, 4.69) is 39.8 Å². The molecule has 7 nitrogen and oxygen atoms in total. The van der Waals surface area contributed by atoms with E-state index in [1.807, 2.05) is 29.3 Å². The van der Waals surface area contributed by atoms with E-state index in [0.29, 0.717) is 23.1 Å². The largest absolute Gasteiger partial charge is 0.360 e. The molecule has 0 radical (unpaired) electrons. The predicted molar refractivity (Wildman–Crippen MR) is 137 cm³/mol. The molecule has 1 amide bonds. The van der Waals surface area contributed by atoms with E-state index in [4.69, 9.17) is 16.6 Å². The lowest BCUT2D eigenvalue weighted by Gasteiger charge is -2.45. The molecule has 5 rings (SSSR count). The highest BCUT2D eigenvalue weighted by Gasteiger charge is 2.33. The van der Waals surface area contributed by atoms with Crippen molar-refractivity contribution in [1.82, 2.24) is 24.8 Å². The Bertz CT molecular complexity index is 1190. The van der Waals surface area contributed by atoms with E-state index in [0.717, 1.165) is 61.1 Å². The molecule has 1 aromatic carbocycles. The summed E-state index contributed by atoms with van der Waals surface area (Å²) in [5, 5.41) is 5.21. The standard InChI is InChI=1S/C26H31ClN6O/c1-3-24(34)33-12-11-32(16-17(33)2)19-8-6-7-18(13-19)30-26-29-15-22(27)25(31-26)21-14-28-23-10-5-4-9-20(21)23/h3-5,9-10,14-15,17-19,28H,1,6-8,11-13,16H2,2H3,(H,29,30,31)/t17-,18+,19-/m0/s1. The molecule has 0 spiro atoms. The molecule has 8 heteroatoms. The number of rotatable bonds is 5. The van der Waals surface area contributed by atoms with E-state index in [1.54, 1.807) is 6.20 Å². The smallest absolute Gasteiger partial charge is 0.246 e. The quantitative estimate of drug-likeness (QED) is 0.519. The number of halogens is 1. The number of H-pyrrole nitrogens is 1. The molecule has 1 aliphatic carbocycles. The summed E-state index contributed by atoms with van der Waals surface area (Å²) < 4.78 is 0. The summed E-state index contributed by atoms with van der Waals surface area (Å²) in [4.78, 5) is 29.1. The summed E-state index contributed by atoms with van der Waals surface area (Å²) in [5.41, 5.74) is 2.77. The minimum absolute atomic E-state index is 0.0289. The highest BCUT2D eigenvalue weighted by molar-refractivity contribution is 6.33. The second-order valence-corrected chi connectivity index (χ2v) is 9.79. The SMILES string of the molecule is C=CC(=O)N1CCN([C@H]2CCC[C@@H](Nc3ncc(Cl)c(-c4c[nH]c5ccccc45)n3)C2)C[C@@H]1C. The van der Waals surface area contributed by atoms with Gasteiger partial charge in [-0.05, 0) is 44.7 Å². The van der Waals surface area contributed by atoms with Gasteiger partial charge in [-0.2, -0.15) is 0 Å². The van der Waals surface area contributed by atoms with Crippen LogP contribution in [0.2, 0.25) is 5.02 Å². The molecule has 2 N–H and O–H groups in total. The summed E-state index contributed by atoms with van der Waals surface area (Å²) >= 11 is 6.51. The van der Waals surface area contributed by atoms with Gasteiger partial charge in [0.15, 0.2) is 0 Å². The van der Waals surface area contributed by atoms with Crippen molar-refractivity contribution in [2.75, 3.05) is 25.0 Å².